The zero-order valence-electron chi connectivity index (χ0n) is 10.4. The van der Waals surface area contributed by atoms with Gasteiger partial charge in [-0.2, -0.15) is 11.8 Å². The first-order valence-corrected chi connectivity index (χ1v) is 7.89. The predicted octanol–water partition coefficient (Wildman–Crippen LogP) is 2.28. The fourth-order valence-electron chi connectivity index (χ4n) is 1.51. The summed E-state index contributed by atoms with van der Waals surface area (Å²) in [6.07, 6.45) is 3.36. The maximum Gasteiger partial charge on any atom is 0.104 e. The van der Waals surface area contributed by atoms with Gasteiger partial charge in [-0.3, -0.25) is 0 Å². The number of thioether (sulfide) groups is 1. The number of aliphatic hydroxyl groups excluding tert-OH is 1. The van der Waals surface area contributed by atoms with E-state index in [4.69, 9.17) is 5.11 Å². The molecule has 0 unspecified atom stereocenters. The molecule has 1 N–H and O–H groups in total. The summed E-state index contributed by atoms with van der Waals surface area (Å²) in [5.74, 6) is 6.92. The second-order valence-electron chi connectivity index (χ2n) is 3.80. The van der Waals surface area contributed by atoms with Gasteiger partial charge in [0.05, 0.1) is 0 Å². The molecule has 0 bridgehead atoms. The average Bonchev–Trinajstić information content (AvgIpc) is 2.74. The van der Waals surface area contributed by atoms with Crippen LogP contribution < -0.4 is 0 Å². The van der Waals surface area contributed by atoms with Gasteiger partial charge in [-0.1, -0.05) is 11.8 Å². The van der Waals surface area contributed by atoms with Crippen molar-refractivity contribution in [2.75, 3.05) is 32.2 Å². The Labute approximate surface area is 112 Å². The molecule has 1 aromatic heterocycles. The molecule has 0 radical (unpaired) electrons. The Bertz CT molecular complexity index is 378. The first-order valence-electron chi connectivity index (χ1n) is 5.61. The minimum absolute atomic E-state index is 0.0706. The Hall–Kier alpha value is -0.470. The van der Waals surface area contributed by atoms with Gasteiger partial charge in [-0.05, 0) is 43.5 Å². The highest BCUT2D eigenvalue weighted by Crippen LogP contribution is 2.17. The number of hydrogen-bond acceptors (Lipinski definition) is 4. The van der Waals surface area contributed by atoms with Gasteiger partial charge in [0.15, 0.2) is 0 Å². The quantitative estimate of drug-likeness (QED) is 0.633. The van der Waals surface area contributed by atoms with Gasteiger partial charge in [0.25, 0.3) is 0 Å². The standard InChI is InChI=1S/C13H19NOS2/c1-14(7-4-9-16-2)11-13-12(5-3-8-15)6-10-17-13/h6,10,15H,4,7-9,11H2,1-2H3. The largest absolute Gasteiger partial charge is 0.384 e. The van der Waals surface area contributed by atoms with Crippen molar-refractivity contribution in [2.24, 2.45) is 0 Å². The van der Waals surface area contributed by atoms with Crippen molar-refractivity contribution in [3.8, 4) is 11.8 Å². The first-order chi connectivity index (χ1) is 8.27. The molecule has 94 valence electrons. The Morgan fingerprint density at radius 1 is 1.53 bits per heavy atom. The minimum Gasteiger partial charge on any atom is -0.384 e. The zero-order chi connectivity index (χ0) is 12.5. The summed E-state index contributed by atoms with van der Waals surface area (Å²) in [5.41, 5.74) is 1.06. The van der Waals surface area contributed by atoms with E-state index in [1.54, 1.807) is 11.3 Å². The van der Waals surface area contributed by atoms with Gasteiger partial charge in [0, 0.05) is 17.0 Å². The van der Waals surface area contributed by atoms with Crippen molar-refractivity contribution in [1.29, 1.82) is 0 Å². The van der Waals surface area contributed by atoms with Gasteiger partial charge in [-0.15, -0.1) is 11.3 Å². The lowest BCUT2D eigenvalue weighted by Crippen LogP contribution is -2.19. The molecule has 1 aromatic rings. The van der Waals surface area contributed by atoms with E-state index in [1.807, 2.05) is 17.8 Å². The lowest BCUT2D eigenvalue weighted by atomic mass is 10.2. The first kappa shape index (κ1) is 14.6. The average molecular weight is 269 g/mol. The number of aliphatic hydroxyl groups is 1. The monoisotopic (exact) mass is 269 g/mol. The number of thiophene rings is 1. The molecule has 0 amide bonds. The van der Waals surface area contributed by atoms with E-state index in [1.165, 1.54) is 17.1 Å². The van der Waals surface area contributed by atoms with Crippen LogP contribution in [0, 0.1) is 11.8 Å². The maximum absolute atomic E-state index is 8.70. The Morgan fingerprint density at radius 2 is 2.35 bits per heavy atom. The maximum atomic E-state index is 8.70. The van der Waals surface area contributed by atoms with Crippen LogP contribution in [0.25, 0.3) is 0 Å². The van der Waals surface area contributed by atoms with Crippen molar-refractivity contribution < 1.29 is 5.11 Å². The van der Waals surface area contributed by atoms with Gasteiger partial charge >= 0.3 is 0 Å². The molecule has 0 aliphatic heterocycles. The highest BCUT2D eigenvalue weighted by atomic mass is 32.2. The van der Waals surface area contributed by atoms with Gasteiger partial charge in [0.1, 0.15) is 6.61 Å². The molecule has 1 rings (SSSR count). The molecule has 0 atom stereocenters. The summed E-state index contributed by atoms with van der Waals surface area (Å²) in [6.45, 7) is 1.99. The Balaban J connectivity index is 2.47. The van der Waals surface area contributed by atoms with Crippen LogP contribution in [-0.4, -0.2) is 42.2 Å². The molecule has 0 saturated heterocycles. The third-order valence-corrected chi connectivity index (χ3v) is 3.95. The fraction of sp³-hybridized carbons (Fsp3) is 0.538. The lowest BCUT2D eigenvalue weighted by Gasteiger charge is -2.15. The lowest BCUT2D eigenvalue weighted by molar-refractivity contribution is 0.331. The highest BCUT2D eigenvalue weighted by molar-refractivity contribution is 7.98. The topological polar surface area (TPSA) is 23.5 Å². The third-order valence-electron chi connectivity index (χ3n) is 2.35. The van der Waals surface area contributed by atoms with Crippen molar-refractivity contribution in [3.05, 3.63) is 21.9 Å². The van der Waals surface area contributed by atoms with E-state index in [0.29, 0.717) is 0 Å². The summed E-state index contributed by atoms with van der Waals surface area (Å²) in [7, 11) is 2.14. The molecule has 2 nitrogen and oxygen atoms in total. The van der Waals surface area contributed by atoms with E-state index in [0.717, 1.165) is 18.7 Å². The predicted molar refractivity (Wildman–Crippen MR) is 77.6 cm³/mol. The van der Waals surface area contributed by atoms with Crippen LogP contribution in [0.15, 0.2) is 11.4 Å². The van der Waals surface area contributed by atoms with E-state index < -0.39 is 0 Å². The number of hydrogen-bond donors (Lipinski definition) is 1. The van der Waals surface area contributed by atoms with Gasteiger partial charge in [-0.25, -0.2) is 0 Å². The van der Waals surface area contributed by atoms with E-state index in [2.05, 4.69) is 35.4 Å². The zero-order valence-corrected chi connectivity index (χ0v) is 12.0. The van der Waals surface area contributed by atoms with Crippen molar-refractivity contribution in [3.63, 3.8) is 0 Å². The van der Waals surface area contributed by atoms with Crippen LogP contribution in [-0.2, 0) is 6.54 Å². The molecule has 0 aliphatic rings. The third kappa shape index (κ3) is 5.60. The molecule has 0 aliphatic carbocycles. The van der Waals surface area contributed by atoms with Crippen molar-refractivity contribution in [1.82, 2.24) is 4.90 Å². The summed E-state index contributed by atoms with van der Waals surface area (Å²) in [4.78, 5) is 3.62. The molecule has 0 spiro atoms. The van der Waals surface area contributed by atoms with E-state index in [9.17, 15) is 0 Å². The second kappa shape index (κ2) is 8.60. The molecule has 17 heavy (non-hydrogen) atoms. The van der Waals surface area contributed by atoms with Crippen LogP contribution in [0.4, 0.5) is 0 Å². The van der Waals surface area contributed by atoms with Crippen molar-refractivity contribution >= 4 is 23.1 Å². The molecule has 0 aromatic carbocycles. The molecule has 0 fully saturated rings. The molecule has 4 heteroatoms. The van der Waals surface area contributed by atoms with Crippen LogP contribution in [0.2, 0.25) is 0 Å². The van der Waals surface area contributed by atoms with Gasteiger partial charge < -0.3 is 10.0 Å². The second-order valence-corrected chi connectivity index (χ2v) is 5.79. The van der Waals surface area contributed by atoms with Crippen LogP contribution in [0.1, 0.15) is 16.9 Å². The normalized spacial score (nSPS) is 10.4. The van der Waals surface area contributed by atoms with Crippen LogP contribution in [0.3, 0.4) is 0 Å². The molecule has 0 saturated carbocycles. The SMILES string of the molecule is CSCCCN(C)Cc1sccc1C#CCO. The fourth-order valence-corrected chi connectivity index (χ4v) is 2.84. The van der Waals surface area contributed by atoms with Crippen molar-refractivity contribution in [2.45, 2.75) is 13.0 Å². The smallest absolute Gasteiger partial charge is 0.104 e. The molecular formula is C13H19NOS2. The summed E-state index contributed by atoms with van der Waals surface area (Å²) < 4.78 is 0. The molecular weight excluding hydrogens is 250 g/mol. The van der Waals surface area contributed by atoms with Crippen LogP contribution >= 0.6 is 23.1 Å². The number of rotatable bonds is 6. The molecule has 1 heterocycles. The summed E-state index contributed by atoms with van der Waals surface area (Å²) >= 11 is 3.63. The summed E-state index contributed by atoms with van der Waals surface area (Å²) in [5, 5.41) is 10.8. The Kier molecular flexibility index (Phi) is 7.38. The minimum atomic E-state index is -0.0706. The van der Waals surface area contributed by atoms with Gasteiger partial charge in [0.2, 0.25) is 0 Å². The van der Waals surface area contributed by atoms with E-state index >= 15 is 0 Å². The highest BCUT2D eigenvalue weighted by Gasteiger charge is 2.05. The van der Waals surface area contributed by atoms with Crippen LogP contribution in [0.5, 0.6) is 0 Å². The van der Waals surface area contributed by atoms with E-state index in [-0.39, 0.29) is 6.61 Å². The Morgan fingerprint density at radius 3 is 3.06 bits per heavy atom. The number of nitrogens with zero attached hydrogens (tertiary/aromatic N) is 1. The summed E-state index contributed by atoms with van der Waals surface area (Å²) in [6, 6.07) is 2.03.